The number of hydrogen-bond acceptors (Lipinski definition) is 4. The summed E-state index contributed by atoms with van der Waals surface area (Å²) >= 11 is 0. The van der Waals surface area contributed by atoms with E-state index in [1.54, 1.807) is 17.9 Å². The van der Waals surface area contributed by atoms with Crippen LogP contribution in [0.2, 0.25) is 0 Å². The monoisotopic (exact) mass is 406 g/mol. The first-order chi connectivity index (χ1) is 13.3. The predicted molar refractivity (Wildman–Crippen MR) is 103 cm³/mol. The van der Waals surface area contributed by atoms with Crippen LogP contribution in [0.4, 0.5) is 4.39 Å². The summed E-state index contributed by atoms with van der Waals surface area (Å²) in [6, 6.07) is 12.2. The van der Waals surface area contributed by atoms with Gasteiger partial charge >= 0.3 is 0 Å². The highest BCUT2D eigenvalue weighted by atomic mass is 32.2. The Hall–Kier alpha value is -2.45. The number of sulfonamides is 1. The zero-order valence-corrected chi connectivity index (χ0v) is 16.7. The third kappa shape index (κ3) is 4.51. The molecular weight excluding hydrogens is 383 g/mol. The normalized spacial score (nSPS) is 16.6. The molecule has 1 amide bonds. The maximum Gasteiger partial charge on any atom is 0.263 e. The minimum atomic E-state index is -3.70. The Morgan fingerprint density at radius 3 is 2.32 bits per heavy atom. The fraction of sp³-hybridized carbons (Fsp3) is 0.350. The second-order valence-electron chi connectivity index (χ2n) is 6.76. The number of halogens is 1. The van der Waals surface area contributed by atoms with Gasteiger partial charge in [-0.2, -0.15) is 4.31 Å². The van der Waals surface area contributed by atoms with Gasteiger partial charge < -0.3 is 9.64 Å². The Labute approximate surface area is 164 Å². The van der Waals surface area contributed by atoms with Gasteiger partial charge in [0, 0.05) is 26.2 Å². The molecule has 0 N–H and O–H groups in total. The van der Waals surface area contributed by atoms with Gasteiger partial charge in [0.2, 0.25) is 10.0 Å². The van der Waals surface area contributed by atoms with Crippen molar-refractivity contribution in [1.29, 1.82) is 0 Å². The highest BCUT2D eigenvalue weighted by Gasteiger charge is 2.32. The summed E-state index contributed by atoms with van der Waals surface area (Å²) in [6.07, 6.45) is -0.665. The number of piperazine rings is 1. The molecule has 0 unspecified atom stereocenters. The van der Waals surface area contributed by atoms with Crippen molar-refractivity contribution in [2.24, 2.45) is 0 Å². The van der Waals surface area contributed by atoms with Gasteiger partial charge in [-0.05, 0) is 55.8 Å². The van der Waals surface area contributed by atoms with E-state index in [0.29, 0.717) is 5.75 Å². The van der Waals surface area contributed by atoms with Gasteiger partial charge in [0.15, 0.2) is 6.10 Å². The minimum Gasteiger partial charge on any atom is -0.481 e. The standard InChI is InChI=1S/C20H23FN2O4S/c1-15-4-3-5-18(14-15)27-16(2)20(24)22-10-12-23(13-11-22)28(25,26)19-8-6-17(21)7-9-19/h3-9,14,16H,10-13H2,1-2H3/t16-/m1/s1. The summed E-state index contributed by atoms with van der Waals surface area (Å²) in [6.45, 7) is 4.55. The third-order valence-corrected chi connectivity index (χ3v) is 6.56. The summed E-state index contributed by atoms with van der Waals surface area (Å²) < 4.78 is 45.4. The van der Waals surface area contributed by atoms with Crippen LogP contribution in [0.15, 0.2) is 53.4 Å². The molecule has 0 bridgehead atoms. The number of aryl methyl sites for hydroxylation is 1. The number of benzene rings is 2. The van der Waals surface area contributed by atoms with Crippen molar-refractivity contribution in [3.8, 4) is 5.75 Å². The van der Waals surface area contributed by atoms with Gasteiger partial charge in [0.25, 0.3) is 5.91 Å². The van der Waals surface area contributed by atoms with Gasteiger partial charge in [-0.15, -0.1) is 0 Å². The van der Waals surface area contributed by atoms with E-state index in [9.17, 15) is 17.6 Å². The summed E-state index contributed by atoms with van der Waals surface area (Å²) in [4.78, 5) is 14.3. The molecule has 1 aliphatic rings. The topological polar surface area (TPSA) is 66.9 Å². The Kier molecular flexibility index (Phi) is 6.00. The zero-order valence-electron chi connectivity index (χ0n) is 15.8. The molecule has 6 nitrogen and oxygen atoms in total. The van der Waals surface area contributed by atoms with Crippen LogP contribution in [0, 0.1) is 12.7 Å². The molecular formula is C20H23FN2O4S. The van der Waals surface area contributed by atoms with Gasteiger partial charge in [-0.25, -0.2) is 12.8 Å². The van der Waals surface area contributed by atoms with E-state index in [1.165, 1.54) is 16.4 Å². The predicted octanol–water partition coefficient (Wildman–Crippen LogP) is 2.43. The summed E-state index contributed by atoms with van der Waals surface area (Å²) in [5, 5.41) is 0. The molecule has 0 radical (unpaired) electrons. The smallest absolute Gasteiger partial charge is 0.263 e. The molecule has 28 heavy (non-hydrogen) atoms. The summed E-state index contributed by atoms with van der Waals surface area (Å²) in [5.41, 5.74) is 1.04. The lowest BCUT2D eigenvalue weighted by atomic mass is 10.2. The number of ether oxygens (including phenoxy) is 1. The van der Waals surface area contributed by atoms with Crippen molar-refractivity contribution in [1.82, 2.24) is 9.21 Å². The van der Waals surface area contributed by atoms with Crippen molar-refractivity contribution in [2.75, 3.05) is 26.2 Å². The van der Waals surface area contributed by atoms with E-state index in [1.807, 2.05) is 25.1 Å². The lowest BCUT2D eigenvalue weighted by molar-refractivity contribution is -0.139. The molecule has 2 aromatic carbocycles. The number of hydrogen-bond donors (Lipinski definition) is 0. The molecule has 2 aromatic rings. The van der Waals surface area contributed by atoms with Crippen molar-refractivity contribution in [2.45, 2.75) is 24.8 Å². The molecule has 1 heterocycles. The molecule has 0 spiro atoms. The first kappa shape index (κ1) is 20.3. The lowest BCUT2D eigenvalue weighted by Gasteiger charge is -2.35. The Morgan fingerprint density at radius 1 is 1.07 bits per heavy atom. The highest BCUT2D eigenvalue weighted by molar-refractivity contribution is 7.89. The van der Waals surface area contributed by atoms with E-state index >= 15 is 0 Å². The van der Waals surface area contributed by atoms with E-state index in [4.69, 9.17) is 4.74 Å². The molecule has 1 fully saturated rings. The van der Waals surface area contributed by atoms with Crippen LogP contribution in [0.3, 0.4) is 0 Å². The summed E-state index contributed by atoms with van der Waals surface area (Å²) in [7, 11) is -3.70. The second kappa shape index (κ2) is 8.28. The van der Waals surface area contributed by atoms with Crippen LogP contribution in [0.5, 0.6) is 5.75 Å². The molecule has 3 rings (SSSR count). The fourth-order valence-electron chi connectivity index (χ4n) is 3.10. The van der Waals surface area contributed by atoms with E-state index in [0.717, 1.165) is 17.7 Å². The minimum absolute atomic E-state index is 0.0461. The maximum atomic E-state index is 13.0. The van der Waals surface area contributed by atoms with Gasteiger partial charge in [-0.3, -0.25) is 4.79 Å². The van der Waals surface area contributed by atoms with Crippen molar-refractivity contribution in [3.05, 3.63) is 59.9 Å². The number of carbonyl (C=O) groups excluding carboxylic acids is 1. The Balaban J connectivity index is 1.59. The molecule has 150 valence electrons. The van der Waals surface area contributed by atoms with Crippen molar-refractivity contribution < 1.29 is 22.3 Å². The molecule has 8 heteroatoms. The first-order valence-electron chi connectivity index (χ1n) is 9.05. The Bertz CT molecular complexity index is 939. The molecule has 1 atom stereocenters. The van der Waals surface area contributed by atoms with E-state index < -0.39 is 21.9 Å². The molecule has 0 aliphatic carbocycles. The van der Waals surface area contributed by atoms with Crippen molar-refractivity contribution in [3.63, 3.8) is 0 Å². The lowest BCUT2D eigenvalue weighted by Crippen LogP contribution is -2.53. The number of rotatable bonds is 5. The molecule has 0 aromatic heterocycles. The van der Waals surface area contributed by atoms with Crippen molar-refractivity contribution >= 4 is 15.9 Å². The number of amides is 1. The van der Waals surface area contributed by atoms with Crippen LogP contribution in [-0.4, -0.2) is 55.8 Å². The molecule has 1 aliphatic heterocycles. The Morgan fingerprint density at radius 2 is 1.71 bits per heavy atom. The zero-order chi connectivity index (χ0) is 20.3. The average molecular weight is 406 g/mol. The number of nitrogens with zero attached hydrogens (tertiary/aromatic N) is 2. The van der Waals surface area contributed by atoms with Crippen LogP contribution >= 0.6 is 0 Å². The van der Waals surface area contributed by atoms with E-state index in [2.05, 4.69) is 0 Å². The quantitative estimate of drug-likeness (QED) is 0.765. The van der Waals surface area contributed by atoms with Gasteiger partial charge in [0.1, 0.15) is 11.6 Å². The fourth-order valence-corrected chi connectivity index (χ4v) is 4.53. The SMILES string of the molecule is Cc1cccc(O[C@H](C)C(=O)N2CCN(S(=O)(=O)c3ccc(F)cc3)CC2)c1. The van der Waals surface area contributed by atoms with Gasteiger partial charge in [-0.1, -0.05) is 12.1 Å². The highest BCUT2D eigenvalue weighted by Crippen LogP contribution is 2.19. The third-order valence-electron chi connectivity index (χ3n) is 4.65. The largest absolute Gasteiger partial charge is 0.481 e. The number of carbonyl (C=O) groups is 1. The summed E-state index contributed by atoms with van der Waals surface area (Å²) in [5.74, 6) is -0.0457. The van der Waals surface area contributed by atoms with E-state index in [-0.39, 0.29) is 37.0 Å². The average Bonchev–Trinajstić information content (AvgIpc) is 2.68. The van der Waals surface area contributed by atoms with Gasteiger partial charge in [0.05, 0.1) is 4.90 Å². The maximum absolute atomic E-state index is 13.0. The molecule has 0 saturated carbocycles. The second-order valence-corrected chi connectivity index (χ2v) is 8.70. The molecule has 1 saturated heterocycles. The van der Waals surface area contributed by atoms with Crippen LogP contribution < -0.4 is 4.74 Å². The first-order valence-corrected chi connectivity index (χ1v) is 10.5. The van der Waals surface area contributed by atoms with Crippen LogP contribution in [0.25, 0.3) is 0 Å². The van der Waals surface area contributed by atoms with Crippen LogP contribution in [-0.2, 0) is 14.8 Å². The van der Waals surface area contributed by atoms with Crippen LogP contribution in [0.1, 0.15) is 12.5 Å².